The molecule has 0 saturated carbocycles. The van der Waals surface area contributed by atoms with E-state index in [9.17, 15) is 0 Å². The van der Waals surface area contributed by atoms with Crippen molar-refractivity contribution >= 4 is 5.69 Å². The molecule has 2 fully saturated rings. The second kappa shape index (κ2) is 5.83. The van der Waals surface area contributed by atoms with Crippen LogP contribution in [0.3, 0.4) is 0 Å². The Labute approximate surface area is 115 Å². The smallest absolute Gasteiger partial charge is 0.142 e. The van der Waals surface area contributed by atoms with Gasteiger partial charge in [0, 0.05) is 18.6 Å². The fourth-order valence-corrected chi connectivity index (χ4v) is 3.48. The van der Waals surface area contributed by atoms with Crippen molar-refractivity contribution in [1.82, 2.24) is 4.90 Å². The van der Waals surface area contributed by atoms with E-state index in [1.807, 2.05) is 13.0 Å². The molecule has 2 aliphatic heterocycles. The second-order valence-electron chi connectivity index (χ2n) is 5.57. The molecule has 2 heterocycles. The number of rotatable bonds is 4. The van der Waals surface area contributed by atoms with Crippen LogP contribution in [-0.2, 0) is 0 Å². The third-order valence-corrected chi connectivity index (χ3v) is 4.38. The molecule has 0 bridgehead atoms. The van der Waals surface area contributed by atoms with Crippen molar-refractivity contribution in [2.75, 3.05) is 25.0 Å². The van der Waals surface area contributed by atoms with Crippen molar-refractivity contribution in [2.45, 2.75) is 44.7 Å². The molecule has 2 atom stereocenters. The molecule has 19 heavy (non-hydrogen) atoms. The van der Waals surface area contributed by atoms with E-state index >= 15 is 0 Å². The van der Waals surface area contributed by atoms with E-state index < -0.39 is 0 Å². The zero-order valence-electron chi connectivity index (χ0n) is 11.8. The Morgan fingerprint density at radius 3 is 3.00 bits per heavy atom. The Kier molecular flexibility index (Phi) is 3.92. The van der Waals surface area contributed by atoms with Crippen LogP contribution in [0, 0.1) is 0 Å². The molecule has 1 aromatic rings. The Balaban J connectivity index is 1.71. The van der Waals surface area contributed by atoms with E-state index in [1.54, 1.807) is 0 Å². The summed E-state index contributed by atoms with van der Waals surface area (Å²) in [5.74, 6) is 0.985. The average molecular weight is 260 g/mol. The van der Waals surface area contributed by atoms with Gasteiger partial charge in [-0.1, -0.05) is 18.6 Å². The number of hydrogen-bond donors (Lipinski definition) is 1. The number of fused-ring (bicyclic) bond motifs is 1. The number of benzene rings is 1. The van der Waals surface area contributed by atoms with Gasteiger partial charge in [-0.25, -0.2) is 0 Å². The minimum Gasteiger partial charge on any atom is -0.492 e. The maximum absolute atomic E-state index is 5.71. The standard InChI is InChI=1S/C16H24N2O/c1-2-19-16-9-4-3-7-14(16)17-13-10-12-18-11-6-5-8-15(13)18/h3-4,7,9,13,15,17H,2,5-6,8,10-12H2,1H3. The third kappa shape index (κ3) is 2.71. The molecule has 0 amide bonds. The highest BCUT2D eigenvalue weighted by molar-refractivity contribution is 5.57. The van der Waals surface area contributed by atoms with Crippen LogP contribution in [-0.4, -0.2) is 36.7 Å². The molecule has 0 aromatic heterocycles. The van der Waals surface area contributed by atoms with Crippen LogP contribution >= 0.6 is 0 Å². The summed E-state index contributed by atoms with van der Waals surface area (Å²) < 4.78 is 5.71. The second-order valence-corrected chi connectivity index (χ2v) is 5.57. The van der Waals surface area contributed by atoms with E-state index in [1.165, 1.54) is 38.8 Å². The lowest BCUT2D eigenvalue weighted by molar-refractivity contribution is 0.192. The van der Waals surface area contributed by atoms with Gasteiger partial charge < -0.3 is 10.1 Å². The van der Waals surface area contributed by atoms with Gasteiger partial charge in [0.1, 0.15) is 5.75 Å². The van der Waals surface area contributed by atoms with Crippen LogP contribution in [0.4, 0.5) is 5.69 Å². The van der Waals surface area contributed by atoms with Crippen molar-refractivity contribution in [3.63, 3.8) is 0 Å². The Bertz CT molecular complexity index is 421. The highest BCUT2D eigenvalue weighted by atomic mass is 16.5. The molecule has 3 nitrogen and oxygen atoms in total. The quantitative estimate of drug-likeness (QED) is 0.900. The molecule has 2 saturated heterocycles. The van der Waals surface area contributed by atoms with E-state index in [0.29, 0.717) is 6.04 Å². The largest absolute Gasteiger partial charge is 0.492 e. The van der Waals surface area contributed by atoms with Gasteiger partial charge in [0.05, 0.1) is 12.3 Å². The maximum Gasteiger partial charge on any atom is 0.142 e. The molecule has 104 valence electrons. The first kappa shape index (κ1) is 12.8. The fraction of sp³-hybridized carbons (Fsp3) is 0.625. The molecule has 0 radical (unpaired) electrons. The van der Waals surface area contributed by atoms with Crippen LogP contribution in [0.5, 0.6) is 5.75 Å². The number of nitrogens with one attached hydrogen (secondary N) is 1. The average Bonchev–Trinajstić information content (AvgIpc) is 2.85. The van der Waals surface area contributed by atoms with E-state index in [4.69, 9.17) is 4.74 Å². The van der Waals surface area contributed by atoms with Gasteiger partial charge in [-0.05, 0) is 44.9 Å². The van der Waals surface area contributed by atoms with Crippen molar-refractivity contribution in [3.05, 3.63) is 24.3 Å². The van der Waals surface area contributed by atoms with Crippen LogP contribution in [0.2, 0.25) is 0 Å². The minimum absolute atomic E-state index is 0.585. The molecule has 2 unspecified atom stereocenters. The molecular formula is C16H24N2O. The van der Waals surface area contributed by atoms with E-state index in [-0.39, 0.29) is 0 Å². The summed E-state index contributed by atoms with van der Waals surface area (Å²) in [6.45, 7) is 5.29. The summed E-state index contributed by atoms with van der Waals surface area (Å²) >= 11 is 0. The number of hydrogen-bond acceptors (Lipinski definition) is 3. The lowest BCUT2D eigenvalue weighted by Crippen LogP contribution is -2.41. The third-order valence-electron chi connectivity index (χ3n) is 4.38. The number of piperidine rings is 1. The Hall–Kier alpha value is -1.22. The highest BCUT2D eigenvalue weighted by Crippen LogP contribution is 2.32. The van der Waals surface area contributed by atoms with Gasteiger partial charge in [-0.2, -0.15) is 0 Å². The summed E-state index contributed by atoms with van der Waals surface area (Å²) in [7, 11) is 0. The van der Waals surface area contributed by atoms with Crippen LogP contribution in [0.25, 0.3) is 0 Å². The Morgan fingerprint density at radius 1 is 1.21 bits per heavy atom. The number of ether oxygens (including phenoxy) is 1. The van der Waals surface area contributed by atoms with Gasteiger partial charge in [0.15, 0.2) is 0 Å². The van der Waals surface area contributed by atoms with Gasteiger partial charge in [-0.15, -0.1) is 0 Å². The number of para-hydroxylation sites is 2. The fourth-order valence-electron chi connectivity index (χ4n) is 3.48. The normalized spacial score (nSPS) is 27.0. The first-order valence-electron chi connectivity index (χ1n) is 7.61. The summed E-state index contributed by atoms with van der Waals surface area (Å²) in [4.78, 5) is 2.66. The van der Waals surface area contributed by atoms with Gasteiger partial charge in [0.25, 0.3) is 0 Å². The molecule has 1 aromatic carbocycles. The molecule has 3 heteroatoms. The lowest BCUT2D eigenvalue weighted by atomic mass is 9.99. The van der Waals surface area contributed by atoms with Crippen molar-refractivity contribution < 1.29 is 4.74 Å². The summed E-state index contributed by atoms with van der Waals surface area (Å²) in [5, 5.41) is 3.73. The van der Waals surface area contributed by atoms with Crippen LogP contribution in [0.15, 0.2) is 24.3 Å². The van der Waals surface area contributed by atoms with Gasteiger partial charge in [0.2, 0.25) is 0 Å². The number of nitrogens with zero attached hydrogens (tertiary/aromatic N) is 1. The van der Waals surface area contributed by atoms with Crippen LogP contribution in [0.1, 0.15) is 32.6 Å². The Morgan fingerprint density at radius 2 is 2.11 bits per heavy atom. The molecule has 3 rings (SSSR count). The van der Waals surface area contributed by atoms with Gasteiger partial charge in [-0.3, -0.25) is 4.90 Å². The lowest BCUT2D eigenvalue weighted by Gasteiger charge is -2.33. The summed E-state index contributed by atoms with van der Waals surface area (Å²) in [6, 6.07) is 9.62. The predicted octanol–water partition coefficient (Wildman–Crippen LogP) is 3.12. The monoisotopic (exact) mass is 260 g/mol. The topological polar surface area (TPSA) is 24.5 Å². The first-order valence-corrected chi connectivity index (χ1v) is 7.61. The molecule has 0 aliphatic carbocycles. The van der Waals surface area contributed by atoms with Crippen molar-refractivity contribution in [2.24, 2.45) is 0 Å². The zero-order chi connectivity index (χ0) is 13.1. The SMILES string of the molecule is CCOc1ccccc1NC1CCN2CCCCC12. The molecule has 0 spiro atoms. The van der Waals surface area contributed by atoms with Gasteiger partial charge >= 0.3 is 0 Å². The number of anilines is 1. The highest BCUT2D eigenvalue weighted by Gasteiger charge is 2.35. The predicted molar refractivity (Wildman–Crippen MR) is 78.9 cm³/mol. The zero-order valence-corrected chi connectivity index (χ0v) is 11.8. The van der Waals surface area contributed by atoms with Crippen LogP contribution < -0.4 is 10.1 Å². The maximum atomic E-state index is 5.71. The van der Waals surface area contributed by atoms with Crippen molar-refractivity contribution in [3.8, 4) is 5.75 Å². The molecule has 1 N–H and O–H groups in total. The minimum atomic E-state index is 0.585. The van der Waals surface area contributed by atoms with Crippen molar-refractivity contribution in [1.29, 1.82) is 0 Å². The summed E-state index contributed by atoms with van der Waals surface area (Å²) in [5.41, 5.74) is 1.15. The van der Waals surface area contributed by atoms with E-state index in [0.717, 1.165) is 24.1 Å². The van der Waals surface area contributed by atoms with E-state index in [2.05, 4.69) is 28.4 Å². The molecular weight excluding hydrogens is 236 g/mol. The molecule has 2 aliphatic rings. The first-order chi connectivity index (χ1) is 9.38. The summed E-state index contributed by atoms with van der Waals surface area (Å²) in [6.07, 6.45) is 5.35.